The van der Waals surface area contributed by atoms with Crippen LogP contribution in [0.15, 0.2) is 0 Å². The second kappa shape index (κ2) is 8.95. The van der Waals surface area contributed by atoms with E-state index in [1.807, 2.05) is 6.92 Å². The average Bonchev–Trinajstić information content (AvgIpc) is 2.29. The summed E-state index contributed by atoms with van der Waals surface area (Å²) in [6.07, 6.45) is 2.85. The molecule has 0 aliphatic heterocycles. The van der Waals surface area contributed by atoms with Crippen molar-refractivity contribution in [3.8, 4) is 0 Å². The lowest BCUT2D eigenvalue weighted by atomic mass is 10.00. The van der Waals surface area contributed by atoms with Crippen LogP contribution < -0.4 is 0 Å². The Labute approximate surface area is 110 Å². The maximum Gasteiger partial charge on any atom is 0.311 e. The van der Waals surface area contributed by atoms with Crippen molar-refractivity contribution in [2.75, 3.05) is 0 Å². The number of hydrogen-bond acceptors (Lipinski definition) is 4. The highest BCUT2D eigenvalue weighted by atomic mass is 16.7. The maximum atomic E-state index is 11.8. The molecule has 0 aromatic rings. The molecule has 0 saturated heterocycles. The summed E-state index contributed by atoms with van der Waals surface area (Å²) in [5, 5.41) is 0. The third kappa shape index (κ3) is 6.62. The predicted molar refractivity (Wildman–Crippen MR) is 69.8 cm³/mol. The molecule has 0 rings (SSSR count). The molecular formula is C14H26O4. The number of rotatable bonds is 8. The maximum absolute atomic E-state index is 11.8. The van der Waals surface area contributed by atoms with Gasteiger partial charge < -0.3 is 9.47 Å². The molecule has 2 atom stereocenters. The van der Waals surface area contributed by atoms with E-state index in [0.29, 0.717) is 0 Å². The summed E-state index contributed by atoms with van der Waals surface area (Å²) in [5.74, 6) is -0.926. The Morgan fingerprint density at radius 2 is 1.56 bits per heavy atom. The molecule has 0 N–H and O–H groups in total. The molecule has 0 aromatic carbocycles. The van der Waals surface area contributed by atoms with Crippen LogP contribution in [0.5, 0.6) is 0 Å². The van der Waals surface area contributed by atoms with Gasteiger partial charge in [-0.15, -0.1) is 0 Å². The van der Waals surface area contributed by atoms with Crippen LogP contribution in [-0.2, 0) is 19.1 Å². The molecule has 0 radical (unpaired) electrons. The Balaban J connectivity index is 4.15. The van der Waals surface area contributed by atoms with Gasteiger partial charge in [-0.3, -0.25) is 9.59 Å². The van der Waals surface area contributed by atoms with E-state index in [1.54, 1.807) is 20.8 Å². The quantitative estimate of drug-likeness (QED) is 0.495. The number of unbranched alkanes of at least 4 members (excludes halogenated alkanes) is 1. The van der Waals surface area contributed by atoms with Crippen LogP contribution in [0.1, 0.15) is 60.3 Å². The second-order valence-corrected chi connectivity index (χ2v) is 4.84. The molecule has 0 fully saturated rings. The number of carbonyl (C=O) groups is 2. The van der Waals surface area contributed by atoms with Crippen molar-refractivity contribution in [3.63, 3.8) is 0 Å². The number of hydrogen-bond donors (Lipinski definition) is 0. The first-order valence-corrected chi connectivity index (χ1v) is 6.83. The van der Waals surface area contributed by atoms with Gasteiger partial charge in [0.25, 0.3) is 0 Å². The minimum absolute atomic E-state index is 0.0925. The first-order chi connectivity index (χ1) is 8.42. The van der Waals surface area contributed by atoms with Crippen molar-refractivity contribution < 1.29 is 19.1 Å². The molecule has 0 aliphatic rings. The topological polar surface area (TPSA) is 52.6 Å². The van der Waals surface area contributed by atoms with Gasteiger partial charge in [0.15, 0.2) is 0 Å². The van der Waals surface area contributed by atoms with Crippen molar-refractivity contribution in [2.24, 2.45) is 11.8 Å². The minimum atomic E-state index is -0.803. The predicted octanol–water partition coefficient (Wildman–Crippen LogP) is 3.29. The highest BCUT2D eigenvalue weighted by Gasteiger charge is 2.22. The van der Waals surface area contributed by atoms with Gasteiger partial charge in [-0.05, 0) is 12.8 Å². The Bertz CT molecular complexity index is 261. The monoisotopic (exact) mass is 258 g/mol. The zero-order chi connectivity index (χ0) is 14.1. The molecule has 4 nitrogen and oxygen atoms in total. The lowest BCUT2D eigenvalue weighted by molar-refractivity contribution is -0.189. The first-order valence-electron chi connectivity index (χ1n) is 6.83. The lowest BCUT2D eigenvalue weighted by Gasteiger charge is -2.19. The van der Waals surface area contributed by atoms with Crippen LogP contribution in [0, 0.1) is 11.8 Å². The van der Waals surface area contributed by atoms with Gasteiger partial charge in [-0.1, -0.05) is 40.5 Å². The summed E-state index contributed by atoms with van der Waals surface area (Å²) >= 11 is 0. The zero-order valence-electron chi connectivity index (χ0n) is 12.2. The number of ether oxygens (including phenoxy) is 2. The van der Waals surface area contributed by atoms with E-state index in [9.17, 15) is 9.59 Å². The molecule has 106 valence electrons. The lowest BCUT2D eigenvalue weighted by Crippen LogP contribution is -2.27. The first kappa shape index (κ1) is 16.9. The van der Waals surface area contributed by atoms with Crippen molar-refractivity contribution in [1.29, 1.82) is 0 Å². The van der Waals surface area contributed by atoms with Crippen LogP contribution in [0.4, 0.5) is 0 Å². The van der Waals surface area contributed by atoms with Gasteiger partial charge in [-0.2, -0.15) is 0 Å². The third-order valence-electron chi connectivity index (χ3n) is 2.77. The Morgan fingerprint density at radius 3 is 2.00 bits per heavy atom. The average molecular weight is 258 g/mol. The number of carbonyl (C=O) groups excluding carboxylic acids is 2. The molecule has 18 heavy (non-hydrogen) atoms. The van der Waals surface area contributed by atoms with Gasteiger partial charge >= 0.3 is 11.9 Å². The van der Waals surface area contributed by atoms with Crippen LogP contribution in [0.2, 0.25) is 0 Å². The molecule has 0 heterocycles. The van der Waals surface area contributed by atoms with Crippen LogP contribution in [0.3, 0.4) is 0 Å². The summed E-state index contributed by atoms with van der Waals surface area (Å²) < 4.78 is 10.1. The van der Waals surface area contributed by atoms with Gasteiger partial charge in [0.1, 0.15) is 0 Å². The normalized spacial score (nSPS) is 14.1. The van der Waals surface area contributed by atoms with Crippen molar-refractivity contribution in [1.82, 2.24) is 0 Å². The smallest absolute Gasteiger partial charge is 0.311 e. The summed E-state index contributed by atoms with van der Waals surface area (Å²) in [6.45, 7) is 9.11. The van der Waals surface area contributed by atoms with Gasteiger partial charge in [0.05, 0.1) is 11.8 Å². The van der Waals surface area contributed by atoms with E-state index in [1.165, 1.54) is 0 Å². The Morgan fingerprint density at radius 1 is 1.00 bits per heavy atom. The molecule has 0 aromatic heterocycles. The summed E-state index contributed by atoms with van der Waals surface area (Å²) in [6, 6.07) is 0. The molecule has 0 amide bonds. The summed E-state index contributed by atoms with van der Waals surface area (Å²) in [5.41, 5.74) is 0. The minimum Gasteiger partial charge on any atom is -0.425 e. The SMILES string of the molecule is CCCCC(CC)C(=O)OC(C)OC(=O)C(C)C. The summed E-state index contributed by atoms with van der Waals surface area (Å²) in [7, 11) is 0. The Hall–Kier alpha value is -1.06. The fraction of sp³-hybridized carbons (Fsp3) is 0.857. The van der Waals surface area contributed by atoms with E-state index in [-0.39, 0.29) is 23.8 Å². The van der Waals surface area contributed by atoms with Crippen LogP contribution in [-0.4, -0.2) is 18.2 Å². The van der Waals surface area contributed by atoms with Gasteiger partial charge in [0.2, 0.25) is 6.29 Å². The standard InChI is InChI=1S/C14H26O4/c1-6-8-9-12(7-2)14(16)18-11(5)17-13(15)10(3)4/h10-12H,6-9H2,1-5H3. The largest absolute Gasteiger partial charge is 0.425 e. The number of esters is 2. The third-order valence-corrected chi connectivity index (χ3v) is 2.77. The fourth-order valence-electron chi connectivity index (χ4n) is 1.52. The van der Waals surface area contributed by atoms with Crippen LogP contribution in [0.25, 0.3) is 0 Å². The molecule has 0 spiro atoms. The molecule has 0 aliphatic carbocycles. The van der Waals surface area contributed by atoms with Gasteiger partial charge in [-0.25, -0.2) is 0 Å². The van der Waals surface area contributed by atoms with E-state index in [2.05, 4.69) is 6.92 Å². The Kier molecular flexibility index (Phi) is 8.42. The van der Waals surface area contributed by atoms with Crippen molar-refractivity contribution >= 4 is 11.9 Å². The van der Waals surface area contributed by atoms with E-state index < -0.39 is 6.29 Å². The molecule has 2 unspecified atom stereocenters. The fourth-order valence-corrected chi connectivity index (χ4v) is 1.52. The summed E-state index contributed by atoms with van der Waals surface area (Å²) in [4.78, 5) is 23.2. The molecule has 0 saturated carbocycles. The zero-order valence-corrected chi connectivity index (χ0v) is 12.2. The molecule has 0 bridgehead atoms. The van der Waals surface area contributed by atoms with E-state index in [0.717, 1.165) is 25.7 Å². The molecular weight excluding hydrogens is 232 g/mol. The van der Waals surface area contributed by atoms with Crippen molar-refractivity contribution in [2.45, 2.75) is 66.6 Å². The highest BCUT2D eigenvalue weighted by Crippen LogP contribution is 2.15. The van der Waals surface area contributed by atoms with Crippen molar-refractivity contribution in [3.05, 3.63) is 0 Å². The second-order valence-electron chi connectivity index (χ2n) is 4.84. The van der Waals surface area contributed by atoms with Crippen LogP contribution >= 0.6 is 0 Å². The van der Waals surface area contributed by atoms with Gasteiger partial charge in [0, 0.05) is 6.92 Å². The van der Waals surface area contributed by atoms with E-state index >= 15 is 0 Å². The molecule has 4 heteroatoms. The van der Waals surface area contributed by atoms with E-state index in [4.69, 9.17) is 9.47 Å². The highest BCUT2D eigenvalue weighted by molar-refractivity contribution is 5.73.